The van der Waals surface area contributed by atoms with Crippen molar-refractivity contribution in [1.29, 1.82) is 0 Å². The molecule has 0 saturated heterocycles. The minimum absolute atomic E-state index is 0. The maximum absolute atomic E-state index is 3.92. The monoisotopic (exact) mass is 368 g/mol. The first-order chi connectivity index (χ1) is 9.63. The van der Waals surface area contributed by atoms with Crippen molar-refractivity contribution in [3.05, 3.63) is 19.6 Å². The molecule has 0 spiro atoms. The molecule has 0 aliphatic carbocycles. The summed E-state index contributed by atoms with van der Waals surface area (Å²) >= 11 is 0. The van der Waals surface area contributed by atoms with Gasteiger partial charge >= 0.3 is 0 Å². The largest absolute Gasteiger partial charge is 0.489 e. The van der Waals surface area contributed by atoms with Crippen molar-refractivity contribution in [2.75, 3.05) is 0 Å². The smallest absolute Gasteiger partial charge is 0.00161 e. The van der Waals surface area contributed by atoms with Crippen LogP contribution in [0.2, 0.25) is 0 Å². The van der Waals surface area contributed by atoms with E-state index in [2.05, 4.69) is 45.7 Å². The molecule has 0 heterocycles. The van der Waals surface area contributed by atoms with E-state index in [1.807, 2.05) is 0 Å². The summed E-state index contributed by atoms with van der Waals surface area (Å²) in [5, 5.41) is 3.54. The van der Waals surface area contributed by atoms with Crippen LogP contribution in [-0.2, 0) is 32.7 Å². The Morgan fingerprint density at radius 3 is 2.14 bits per heavy atom. The zero-order valence-corrected chi connectivity index (χ0v) is 17.6. The van der Waals surface area contributed by atoms with Crippen LogP contribution in [0.15, 0.2) is 6.58 Å². The van der Waals surface area contributed by atoms with Gasteiger partial charge in [0.1, 0.15) is 0 Å². The molecule has 0 aromatic rings. The van der Waals surface area contributed by atoms with E-state index >= 15 is 0 Å². The Balaban J connectivity index is 0. The van der Waals surface area contributed by atoms with E-state index in [1.165, 1.54) is 57.8 Å². The molecule has 1 radical (unpaired) electrons. The molecule has 1 N–H and O–H groups in total. The molecule has 2 heteroatoms. The Kier molecular flexibility index (Phi) is 19.7. The van der Waals surface area contributed by atoms with Crippen molar-refractivity contribution in [2.45, 2.75) is 97.1 Å². The van der Waals surface area contributed by atoms with Crippen molar-refractivity contribution in [2.24, 2.45) is 5.92 Å². The van der Waals surface area contributed by atoms with Gasteiger partial charge in [-0.2, -0.15) is 12.5 Å². The topological polar surface area (TPSA) is 12.0 Å². The summed E-state index contributed by atoms with van der Waals surface area (Å²) in [5.41, 5.74) is 0. The second-order valence-electron chi connectivity index (χ2n) is 6.36. The average Bonchev–Trinajstić information content (AvgIpc) is 2.43. The molecule has 21 heavy (non-hydrogen) atoms. The molecule has 0 amide bonds. The Morgan fingerprint density at radius 2 is 1.62 bits per heavy atom. The van der Waals surface area contributed by atoms with Gasteiger partial charge in [0.05, 0.1) is 0 Å². The van der Waals surface area contributed by atoms with Crippen LogP contribution >= 0.6 is 0 Å². The van der Waals surface area contributed by atoms with E-state index < -0.39 is 0 Å². The van der Waals surface area contributed by atoms with Gasteiger partial charge in [0.2, 0.25) is 0 Å². The summed E-state index contributed by atoms with van der Waals surface area (Å²) < 4.78 is 0. The van der Waals surface area contributed by atoms with Crippen molar-refractivity contribution in [3.63, 3.8) is 0 Å². The van der Waals surface area contributed by atoms with Crippen molar-refractivity contribution >= 4 is 0 Å². The molecular formula is C19H37NY-2. The molecule has 0 aliphatic heterocycles. The fourth-order valence-electron chi connectivity index (χ4n) is 2.83. The first kappa shape index (κ1) is 24.1. The quantitative estimate of drug-likeness (QED) is 0.306. The first-order valence-electron chi connectivity index (χ1n) is 8.71. The van der Waals surface area contributed by atoms with E-state index in [-0.39, 0.29) is 38.8 Å². The van der Waals surface area contributed by atoms with Crippen LogP contribution in [0.4, 0.5) is 0 Å². The van der Waals surface area contributed by atoms with Crippen LogP contribution in [0.3, 0.4) is 0 Å². The standard InChI is InChI=1S/C19H37N.Y/c1-6-9-10-11-12-13-14-15-17(4)16-18(5)20-19(7-2)8-3;/h17-20H,2-3,6-7,9-16H2,1,4-5H3;/q-2;. The van der Waals surface area contributed by atoms with Crippen LogP contribution in [-0.4, -0.2) is 12.1 Å². The fraction of sp³-hybridized carbons (Fsp3) is 0.842. The van der Waals surface area contributed by atoms with Gasteiger partial charge in [0.25, 0.3) is 0 Å². The number of hydrogen-bond acceptors (Lipinski definition) is 1. The average molecular weight is 368 g/mol. The summed E-state index contributed by atoms with van der Waals surface area (Å²) in [7, 11) is 0. The van der Waals surface area contributed by atoms with E-state index in [4.69, 9.17) is 0 Å². The van der Waals surface area contributed by atoms with Gasteiger partial charge in [-0.1, -0.05) is 65.2 Å². The number of hydrogen-bond donors (Lipinski definition) is 1. The first-order valence-corrected chi connectivity index (χ1v) is 8.71. The summed E-state index contributed by atoms with van der Waals surface area (Å²) in [6.07, 6.45) is 16.3. The number of unbranched alkanes of at least 4 members (excludes halogenated alkanes) is 6. The number of rotatable bonds is 14. The van der Waals surface area contributed by atoms with Gasteiger partial charge in [-0.05, 0) is 19.3 Å². The Hall–Kier alpha value is 0.804. The molecule has 0 bridgehead atoms. The van der Waals surface area contributed by atoms with E-state index in [0.29, 0.717) is 6.04 Å². The van der Waals surface area contributed by atoms with Crippen molar-refractivity contribution < 1.29 is 32.7 Å². The van der Waals surface area contributed by atoms with Crippen molar-refractivity contribution in [3.8, 4) is 0 Å². The zero-order chi connectivity index (χ0) is 15.2. The van der Waals surface area contributed by atoms with Gasteiger partial charge < -0.3 is 18.3 Å². The SMILES string of the molecule is C=[C-]C(C[CH2-])NC(C)CC(C)CCCCCCCCC.[Y]. The maximum atomic E-state index is 3.92. The van der Waals surface area contributed by atoms with E-state index in [1.54, 1.807) is 0 Å². The third-order valence-electron chi connectivity index (χ3n) is 4.08. The predicted octanol–water partition coefficient (Wildman–Crippen LogP) is 5.71. The summed E-state index contributed by atoms with van der Waals surface area (Å²) in [5.74, 6) is 0.809. The molecular weight excluding hydrogens is 331 g/mol. The molecule has 0 rings (SSSR count). The van der Waals surface area contributed by atoms with Crippen LogP contribution in [0.25, 0.3) is 0 Å². The van der Waals surface area contributed by atoms with Gasteiger partial charge in [-0.25, -0.2) is 0 Å². The van der Waals surface area contributed by atoms with Crippen LogP contribution < -0.4 is 5.32 Å². The molecule has 0 aromatic carbocycles. The van der Waals surface area contributed by atoms with Gasteiger partial charge in [0.15, 0.2) is 0 Å². The molecule has 0 aromatic heterocycles. The van der Waals surface area contributed by atoms with Gasteiger partial charge in [0, 0.05) is 38.8 Å². The van der Waals surface area contributed by atoms with E-state index in [0.717, 1.165) is 12.3 Å². The fourth-order valence-corrected chi connectivity index (χ4v) is 2.83. The second-order valence-corrected chi connectivity index (χ2v) is 6.36. The molecule has 3 atom stereocenters. The number of nitrogens with one attached hydrogen (secondary N) is 1. The van der Waals surface area contributed by atoms with Crippen LogP contribution in [0.5, 0.6) is 0 Å². The van der Waals surface area contributed by atoms with Crippen LogP contribution in [0, 0.1) is 18.9 Å². The molecule has 0 aliphatic rings. The Labute approximate surface area is 160 Å². The molecule has 3 unspecified atom stereocenters. The third kappa shape index (κ3) is 15.5. The minimum atomic E-state index is 0. The normalized spacial score (nSPS) is 15.0. The molecule has 123 valence electrons. The van der Waals surface area contributed by atoms with Crippen molar-refractivity contribution in [1.82, 2.24) is 5.32 Å². The summed E-state index contributed by atoms with van der Waals surface area (Å²) in [6, 6.07) is 0.784. The van der Waals surface area contributed by atoms with Gasteiger partial charge in [-0.15, -0.1) is 0 Å². The molecule has 1 nitrogen and oxygen atoms in total. The third-order valence-corrected chi connectivity index (χ3v) is 4.08. The van der Waals surface area contributed by atoms with E-state index in [9.17, 15) is 0 Å². The Bertz CT molecular complexity index is 218. The molecule has 0 saturated carbocycles. The van der Waals surface area contributed by atoms with Crippen LogP contribution in [0.1, 0.15) is 85.0 Å². The second kappa shape index (κ2) is 17.2. The maximum Gasteiger partial charge on any atom is 0.00161 e. The zero-order valence-electron chi connectivity index (χ0n) is 14.8. The minimum Gasteiger partial charge on any atom is -0.489 e. The summed E-state index contributed by atoms with van der Waals surface area (Å²) in [6.45, 7) is 14.6. The van der Waals surface area contributed by atoms with Gasteiger partial charge in [-0.3, -0.25) is 6.58 Å². The predicted molar refractivity (Wildman–Crippen MR) is 91.6 cm³/mol. The Morgan fingerprint density at radius 1 is 1.05 bits per heavy atom. The summed E-state index contributed by atoms with van der Waals surface area (Å²) in [4.78, 5) is 0. The molecule has 0 fully saturated rings.